The second kappa shape index (κ2) is 13.2. The Bertz CT molecular complexity index is 504. The van der Waals surface area contributed by atoms with Gasteiger partial charge in [0.25, 0.3) is 0 Å². The van der Waals surface area contributed by atoms with Gasteiger partial charge in [0.05, 0.1) is 39.3 Å². The van der Waals surface area contributed by atoms with Gasteiger partial charge in [-0.1, -0.05) is 0 Å². The van der Waals surface area contributed by atoms with Crippen LogP contribution in [0, 0.1) is 0 Å². The molecule has 0 heterocycles. The van der Waals surface area contributed by atoms with Crippen molar-refractivity contribution in [3.05, 3.63) is 24.3 Å². The SMILES string of the molecule is CC[N+](CC)(CC)CC(O)COc1ccc(OCC(O)C[N+](CC)(CC)CC)cc1. The molecule has 0 spiro atoms. The van der Waals surface area contributed by atoms with E-state index in [2.05, 4.69) is 41.5 Å². The maximum atomic E-state index is 10.4. The molecule has 174 valence electrons. The highest BCUT2D eigenvalue weighted by Crippen LogP contribution is 2.19. The summed E-state index contributed by atoms with van der Waals surface area (Å²) in [6, 6.07) is 7.39. The Balaban J connectivity index is 2.48. The van der Waals surface area contributed by atoms with E-state index in [4.69, 9.17) is 9.47 Å². The van der Waals surface area contributed by atoms with Crippen LogP contribution in [0.2, 0.25) is 0 Å². The van der Waals surface area contributed by atoms with Crippen LogP contribution < -0.4 is 9.47 Å². The number of hydrogen-bond donors (Lipinski definition) is 2. The van der Waals surface area contributed by atoms with Crippen molar-refractivity contribution in [2.24, 2.45) is 0 Å². The van der Waals surface area contributed by atoms with Crippen LogP contribution in [0.1, 0.15) is 41.5 Å². The average molecular weight is 427 g/mol. The van der Waals surface area contributed by atoms with Gasteiger partial charge in [0.15, 0.2) is 0 Å². The van der Waals surface area contributed by atoms with Gasteiger partial charge in [-0.2, -0.15) is 0 Å². The smallest absolute Gasteiger partial charge is 0.137 e. The summed E-state index contributed by atoms with van der Waals surface area (Å²) in [5.41, 5.74) is 0. The minimum atomic E-state index is -0.495. The zero-order valence-corrected chi connectivity index (χ0v) is 20.1. The number of quaternary nitrogens is 2. The Hall–Kier alpha value is -1.34. The van der Waals surface area contributed by atoms with Gasteiger partial charge < -0.3 is 28.7 Å². The Morgan fingerprint density at radius 1 is 0.600 bits per heavy atom. The van der Waals surface area contributed by atoms with E-state index in [1.807, 2.05) is 24.3 Å². The predicted octanol–water partition coefficient (Wildman–Crippen LogP) is 2.92. The van der Waals surface area contributed by atoms with Crippen LogP contribution in [0.25, 0.3) is 0 Å². The Morgan fingerprint density at radius 3 is 1.10 bits per heavy atom. The third-order valence-electron chi connectivity index (χ3n) is 6.93. The van der Waals surface area contributed by atoms with Crippen molar-refractivity contribution < 1.29 is 28.7 Å². The van der Waals surface area contributed by atoms with Crippen LogP contribution in [-0.4, -0.2) is 97.0 Å². The lowest BCUT2D eigenvalue weighted by molar-refractivity contribution is -0.926. The zero-order chi connectivity index (χ0) is 22.6. The van der Waals surface area contributed by atoms with Gasteiger partial charge >= 0.3 is 0 Å². The molecule has 0 saturated heterocycles. The molecule has 1 rings (SSSR count). The zero-order valence-electron chi connectivity index (χ0n) is 20.1. The van der Waals surface area contributed by atoms with Crippen LogP contribution in [-0.2, 0) is 0 Å². The van der Waals surface area contributed by atoms with Crippen LogP contribution in [0.15, 0.2) is 24.3 Å². The van der Waals surface area contributed by atoms with Crippen LogP contribution >= 0.6 is 0 Å². The maximum Gasteiger partial charge on any atom is 0.137 e. The summed E-state index contributed by atoms with van der Waals surface area (Å²) < 4.78 is 13.3. The first kappa shape index (κ1) is 26.7. The molecule has 30 heavy (non-hydrogen) atoms. The summed E-state index contributed by atoms with van der Waals surface area (Å²) in [4.78, 5) is 0. The lowest BCUT2D eigenvalue weighted by Crippen LogP contribution is -2.52. The maximum absolute atomic E-state index is 10.4. The third kappa shape index (κ3) is 8.06. The van der Waals surface area contributed by atoms with E-state index in [0.29, 0.717) is 24.6 Å². The number of likely N-dealkylation sites (N-methyl/N-ethyl adjacent to an activating group) is 2. The summed E-state index contributed by atoms with van der Waals surface area (Å²) in [6.07, 6.45) is -0.991. The van der Waals surface area contributed by atoms with E-state index in [9.17, 15) is 10.2 Å². The average Bonchev–Trinajstić information content (AvgIpc) is 2.79. The number of nitrogens with zero attached hydrogens (tertiary/aromatic N) is 2. The van der Waals surface area contributed by atoms with Crippen molar-refractivity contribution in [3.8, 4) is 11.5 Å². The highest BCUT2D eigenvalue weighted by molar-refractivity contribution is 5.31. The van der Waals surface area contributed by atoms with E-state index in [1.54, 1.807) is 0 Å². The molecule has 0 aromatic heterocycles. The van der Waals surface area contributed by atoms with Gasteiger partial charge in [0, 0.05) is 0 Å². The van der Waals surface area contributed by atoms with Crippen LogP contribution in [0.5, 0.6) is 11.5 Å². The molecular formula is C24H46N2O4+2. The largest absolute Gasteiger partial charge is 0.491 e. The van der Waals surface area contributed by atoms with Crippen molar-refractivity contribution in [1.29, 1.82) is 0 Å². The monoisotopic (exact) mass is 426 g/mol. The van der Waals surface area contributed by atoms with Crippen molar-refractivity contribution in [2.75, 3.05) is 65.6 Å². The van der Waals surface area contributed by atoms with Crippen molar-refractivity contribution >= 4 is 0 Å². The second-order valence-corrected chi connectivity index (χ2v) is 8.35. The molecule has 0 aliphatic rings. The molecule has 0 saturated carbocycles. The van der Waals surface area contributed by atoms with Gasteiger partial charge in [-0.3, -0.25) is 0 Å². The first-order chi connectivity index (χ1) is 14.3. The minimum Gasteiger partial charge on any atom is -0.491 e. The topological polar surface area (TPSA) is 58.9 Å². The summed E-state index contributed by atoms with van der Waals surface area (Å²) >= 11 is 0. The van der Waals surface area contributed by atoms with E-state index >= 15 is 0 Å². The van der Waals surface area contributed by atoms with Gasteiger partial charge in [0.1, 0.15) is 50.0 Å². The lowest BCUT2D eigenvalue weighted by Gasteiger charge is -2.37. The number of ether oxygens (including phenoxy) is 2. The van der Waals surface area contributed by atoms with Gasteiger partial charge in [-0.05, 0) is 65.8 Å². The lowest BCUT2D eigenvalue weighted by atomic mass is 10.2. The Morgan fingerprint density at radius 2 is 0.867 bits per heavy atom. The van der Waals surface area contributed by atoms with Crippen LogP contribution in [0.4, 0.5) is 0 Å². The molecule has 1 aromatic rings. The summed E-state index contributed by atoms with van der Waals surface area (Å²) in [5.74, 6) is 1.42. The third-order valence-corrected chi connectivity index (χ3v) is 6.93. The van der Waals surface area contributed by atoms with Crippen molar-refractivity contribution in [3.63, 3.8) is 0 Å². The summed E-state index contributed by atoms with van der Waals surface area (Å²) in [6.45, 7) is 21.0. The van der Waals surface area contributed by atoms with Gasteiger partial charge in [-0.15, -0.1) is 0 Å². The Labute approximate surface area is 184 Å². The highest BCUT2D eigenvalue weighted by Gasteiger charge is 2.26. The standard InChI is InChI=1S/C24H46N2O4/c1-7-25(8-2,9-3)17-21(27)19-29-23-13-15-24(16-14-23)30-20-22(28)18-26(10-4,11-5)12-6/h13-16,21-22,27-28H,7-12,17-20H2,1-6H3/q+2. The molecule has 0 aliphatic carbocycles. The molecule has 2 N–H and O–H groups in total. The molecule has 1 aromatic carbocycles. The molecule has 0 fully saturated rings. The molecule has 2 atom stereocenters. The molecule has 6 nitrogen and oxygen atoms in total. The molecule has 0 radical (unpaired) electrons. The van der Waals surface area contributed by atoms with Crippen molar-refractivity contribution in [1.82, 2.24) is 0 Å². The molecule has 0 aliphatic heterocycles. The van der Waals surface area contributed by atoms with Crippen LogP contribution in [0.3, 0.4) is 0 Å². The normalized spacial score (nSPS) is 14.4. The fraction of sp³-hybridized carbons (Fsp3) is 0.750. The highest BCUT2D eigenvalue weighted by atomic mass is 16.5. The number of aliphatic hydroxyl groups is 2. The molecule has 0 bridgehead atoms. The quantitative estimate of drug-likeness (QED) is 0.399. The fourth-order valence-electron chi connectivity index (χ4n) is 4.13. The Kier molecular flexibility index (Phi) is 11.7. The molecular weight excluding hydrogens is 380 g/mol. The van der Waals surface area contributed by atoms with Gasteiger partial charge in [-0.25, -0.2) is 0 Å². The molecule has 2 unspecified atom stereocenters. The summed E-state index contributed by atoms with van der Waals surface area (Å²) in [5, 5.41) is 20.8. The number of rotatable bonds is 16. The first-order valence-electron chi connectivity index (χ1n) is 11.7. The van der Waals surface area contributed by atoms with Crippen molar-refractivity contribution in [2.45, 2.75) is 53.8 Å². The van der Waals surface area contributed by atoms with E-state index in [1.165, 1.54) is 0 Å². The number of aliphatic hydroxyl groups excluding tert-OH is 2. The van der Waals surface area contributed by atoms with E-state index < -0.39 is 12.2 Å². The predicted molar refractivity (Wildman–Crippen MR) is 123 cm³/mol. The first-order valence-corrected chi connectivity index (χ1v) is 11.7. The fourth-order valence-corrected chi connectivity index (χ4v) is 4.13. The molecule has 0 amide bonds. The second-order valence-electron chi connectivity index (χ2n) is 8.35. The molecule has 6 heteroatoms. The van der Waals surface area contributed by atoms with E-state index in [0.717, 1.165) is 48.2 Å². The summed E-state index contributed by atoms with van der Waals surface area (Å²) in [7, 11) is 0. The minimum absolute atomic E-state index is 0.282. The van der Waals surface area contributed by atoms with E-state index in [-0.39, 0.29) is 13.2 Å². The van der Waals surface area contributed by atoms with Gasteiger partial charge in [0.2, 0.25) is 0 Å². The number of hydrogen-bond acceptors (Lipinski definition) is 4. The number of benzene rings is 1.